The number of carbonyl (C=O) groups excluding carboxylic acids is 1. The molecule has 1 amide bonds. The van der Waals surface area contributed by atoms with E-state index < -0.39 is 0 Å². The second-order valence-electron chi connectivity index (χ2n) is 3.86. The van der Waals surface area contributed by atoms with Crippen LogP contribution in [0.5, 0.6) is 0 Å². The Labute approximate surface area is 112 Å². The number of amides is 1. The molecule has 1 rings (SSSR count). The fraction of sp³-hybridized carbons (Fsp3) is 0.286. The van der Waals surface area contributed by atoms with Crippen LogP contribution in [0.1, 0.15) is 24.1 Å². The summed E-state index contributed by atoms with van der Waals surface area (Å²) in [5.41, 5.74) is 1.10. The van der Waals surface area contributed by atoms with Crippen LogP contribution in [0, 0.1) is 6.92 Å². The van der Waals surface area contributed by atoms with Crippen molar-refractivity contribution in [3.8, 4) is 0 Å². The molecule has 0 saturated heterocycles. The molecule has 0 radical (unpaired) electrons. The van der Waals surface area contributed by atoms with Crippen LogP contribution >= 0.6 is 11.3 Å². The van der Waals surface area contributed by atoms with E-state index in [1.807, 2.05) is 13.0 Å². The van der Waals surface area contributed by atoms with Gasteiger partial charge < -0.3 is 5.32 Å². The van der Waals surface area contributed by atoms with E-state index in [1.165, 1.54) is 11.3 Å². The van der Waals surface area contributed by atoms with Gasteiger partial charge in [0.25, 0.3) is 0 Å². The molecule has 96 valence electrons. The van der Waals surface area contributed by atoms with Gasteiger partial charge in [0.05, 0.1) is 0 Å². The summed E-state index contributed by atoms with van der Waals surface area (Å²) in [5.74, 6) is 0.00589. The van der Waals surface area contributed by atoms with E-state index in [-0.39, 0.29) is 5.91 Å². The molecule has 0 aliphatic carbocycles. The standard InChI is InChI=1S/C14H18N2OS/c1-4-7-12(5-2)8-6-9-13(17)16-14-15-10-11(3)18-14/h4-5,7,10H,1-2,6,8-9H2,3H3,(H,15,16,17)/b12-7+. The van der Waals surface area contributed by atoms with Gasteiger partial charge in [0, 0.05) is 17.5 Å². The number of hydrogen-bond acceptors (Lipinski definition) is 3. The summed E-state index contributed by atoms with van der Waals surface area (Å²) in [6.45, 7) is 9.32. The van der Waals surface area contributed by atoms with Gasteiger partial charge in [-0.1, -0.05) is 31.4 Å². The van der Waals surface area contributed by atoms with Crippen molar-refractivity contribution in [2.45, 2.75) is 26.2 Å². The van der Waals surface area contributed by atoms with Gasteiger partial charge in [0.15, 0.2) is 5.13 Å². The third kappa shape index (κ3) is 5.10. The summed E-state index contributed by atoms with van der Waals surface area (Å²) >= 11 is 1.48. The van der Waals surface area contributed by atoms with Crippen molar-refractivity contribution >= 4 is 22.4 Å². The number of carbonyl (C=O) groups is 1. The lowest BCUT2D eigenvalue weighted by atomic mass is 10.1. The summed E-state index contributed by atoms with van der Waals surface area (Å²) in [5, 5.41) is 3.46. The van der Waals surface area contributed by atoms with Gasteiger partial charge in [-0.15, -0.1) is 11.3 Å². The van der Waals surface area contributed by atoms with Crippen LogP contribution in [0.25, 0.3) is 0 Å². The lowest BCUT2D eigenvalue weighted by molar-refractivity contribution is -0.116. The number of allylic oxidation sites excluding steroid dienone is 4. The summed E-state index contributed by atoms with van der Waals surface area (Å²) in [6.07, 6.45) is 9.31. The second kappa shape index (κ2) is 7.61. The van der Waals surface area contributed by atoms with Crippen molar-refractivity contribution < 1.29 is 4.79 Å². The van der Waals surface area contributed by atoms with E-state index in [1.54, 1.807) is 18.3 Å². The number of rotatable bonds is 7. The average molecular weight is 262 g/mol. The minimum Gasteiger partial charge on any atom is -0.302 e. The summed E-state index contributed by atoms with van der Waals surface area (Å²) in [6, 6.07) is 0. The first-order valence-electron chi connectivity index (χ1n) is 5.82. The summed E-state index contributed by atoms with van der Waals surface area (Å²) in [4.78, 5) is 16.8. The number of thiazole rings is 1. The lowest BCUT2D eigenvalue weighted by Crippen LogP contribution is -2.10. The molecule has 1 aromatic rings. The molecule has 1 aromatic heterocycles. The van der Waals surface area contributed by atoms with E-state index in [0.29, 0.717) is 11.6 Å². The van der Waals surface area contributed by atoms with Crippen molar-refractivity contribution in [2.24, 2.45) is 0 Å². The highest BCUT2D eigenvalue weighted by molar-refractivity contribution is 7.15. The topological polar surface area (TPSA) is 42.0 Å². The molecule has 4 heteroatoms. The van der Waals surface area contributed by atoms with Crippen LogP contribution in [0.2, 0.25) is 0 Å². The van der Waals surface area contributed by atoms with Gasteiger partial charge in [-0.2, -0.15) is 0 Å². The van der Waals surface area contributed by atoms with Gasteiger partial charge >= 0.3 is 0 Å². The van der Waals surface area contributed by atoms with Crippen LogP contribution in [-0.4, -0.2) is 10.9 Å². The Balaban J connectivity index is 2.31. The minimum absolute atomic E-state index is 0.00589. The Morgan fingerprint density at radius 2 is 2.28 bits per heavy atom. The molecule has 0 unspecified atom stereocenters. The summed E-state index contributed by atoms with van der Waals surface area (Å²) < 4.78 is 0. The van der Waals surface area contributed by atoms with Gasteiger partial charge in [-0.05, 0) is 25.3 Å². The molecule has 0 aliphatic rings. The smallest absolute Gasteiger partial charge is 0.226 e. The molecule has 1 N–H and O–H groups in total. The molecule has 0 fully saturated rings. The molecule has 1 heterocycles. The predicted molar refractivity (Wildman–Crippen MR) is 77.8 cm³/mol. The van der Waals surface area contributed by atoms with E-state index in [9.17, 15) is 4.79 Å². The first kappa shape index (κ1) is 14.4. The van der Waals surface area contributed by atoms with Gasteiger partial charge in [-0.25, -0.2) is 4.98 Å². The molecule has 0 atom stereocenters. The Morgan fingerprint density at radius 1 is 1.50 bits per heavy atom. The molecule has 0 aromatic carbocycles. The molecule has 0 aliphatic heterocycles. The van der Waals surface area contributed by atoms with E-state index in [0.717, 1.165) is 23.3 Å². The molecule has 0 spiro atoms. The molecular formula is C14H18N2OS. The van der Waals surface area contributed by atoms with Gasteiger partial charge in [0.1, 0.15) is 0 Å². The maximum Gasteiger partial charge on any atom is 0.226 e. The highest BCUT2D eigenvalue weighted by atomic mass is 32.1. The molecule has 3 nitrogen and oxygen atoms in total. The van der Waals surface area contributed by atoms with Crippen LogP contribution in [0.4, 0.5) is 5.13 Å². The van der Waals surface area contributed by atoms with Crippen LogP contribution in [-0.2, 0) is 4.79 Å². The maximum atomic E-state index is 11.6. The third-order valence-electron chi connectivity index (χ3n) is 2.33. The molecule has 0 bridgehead atoms. The highest BCUT2D eigenvalue weighted by Gasteiger charge is 2.05. The Hall–Kier alpha value is -1.68. The third-order valence-corrected chi connectivity index (χ3v) is 3.16. The number of aryl methyl sites for hydroxylation is 1. The monoisotopic (exact) mass is 262 g/mol. The number of nitrogens with zero attached hydrogens (tertiary/aromatic N) is 1. The first-order valence-corrected chi connectivity index (χ1v) is 6.63. The lowest BCUT2D eigenvalue weighted by Gasteiger charge is -2.02. The van der Waals surface area contributed by atoms with E-state index in [2.05, 4.69) is 23.5 Å². The van der Waals surface area contributed by atoms with Crippen molar-refractivity contribution in [3.05, 3.63) is 48.0 Å². The Kier molecular flexibility index (Phi) is 6.08. The van der Waals surface area contributed by atoms with Crippen molar-refractivity contribution in [1.29, 1.82) is 0 Å². The molecule has 0 saturated carbocycles. The van der Waals surface area contributed by atoms with Crippen LogP contribution in [0.15, 0.2) is 43.2 Å². The zero-order valence-corrected chi connectivity index (χ0v) is 11.4. The van der Waals surface area contributed by atoms with E-state index in [4.69, 9.17) is 0 Å². The number of anilines is 1. The second-order valence-corrected chi connectivity index (χ2v) is 5.09. The summed E-state index contributed by atoms with van der Waals surface area (Å²) in [7, 11) is 0. The minimum atomic E-state index is 0.00589. The highest BCUT2D eigenvalue weighted by Crippen LogP contribution is 2.17. The Morgan fingerprint density at radius 3 is 2.83 bits per heavy atom. The van der Waals surface area contributed by atoms with Crippen molar-refractivity contribution in [1.82, 2.24) is 4.98 Å². The number of aromatic nitrogens is 1. The maximum absolute atomic E-state index is 11.6. The zero-order chi connectivity index (χ0) is 13.4. The quantitative estimate of drug-likeness (QED) is 0.758. The molecule has 18 heavy (non-hydrogen) atoms. The fourth-order valence-electron chi connectivity index (χ4n) is 1.45. The van der Waals surface area contributed by atoms with E-state index >= 15 is 0 Å². The van der Waals surface area contributed by atoms with Gasteiger partial charge in [-0.3, -0.25) is 4.79 Å². The number of hydrogen-bond donors (Lipinski definition) is 1. The van der Waals surface area contributed by atoms with Crippen molar-refractivity contribution in [3.63, 3.8) is 0 Å². The predicted octanol–water partition coefficient (Wildman–Crippen LogP) is 3.86. The van der Waals surface area contributed by atoms with Crippen molar-refractivity contribution in [2.75, 3.05) is 5.32 Å². The van der Waals surface area contributed by atoms with Crippen LogP contribution in [0.3, 0.4) is 0 Å². The number of nitrogens with one attached hydrogen (secondary N) is 1. The zero-order valence-electron chi connectivity index (χ0n) is 10.6. The normalized spacial score (nSPS) is 11.1. The largest absolute Gasteiger partial charge is 0.302 e. The first-order chi connectivity index (χ1) is 8.65. The SMILES string of the molecule is C=C/C=C(\C=C)CCCC(=O)Nc1ncc(C)s1. The van der Waals surface area contributed by atoms with Crippen LogP contribution < -0.4 is 5.32 Å². The fourth-order valence-corrected chi connectivity index (χ4v) is 2.13. The molecular weight excluding hydrogens is 244 g/mol. The van der Waals surface area contributed by atoms with Gasteiger partial charge in [0.2, 0.25) is 5.91 Å². The Bertz CT molecular complexity index is 460. The average Bonchev–Trinajstić information content (AvgIpc) is 2.73.